The molecule has 2 aromatic carbocycles. The third-order valence-electron chi connectivity index (χ3n) is 5.12. The molecule has 1 saturated heterocycles. The third kappa shape index (κ3) is 4.66. The Labute approximate surface area is 197 Å². The van der Waals surface area contributed by atoms with Crippen molar-refractivity contribution in [3.63, 3.8) is 0 Å². The smallest absolute Gasteiger partial charge is 0.358 e. The van der Waals surface area contributed by atoms with Gasteiger partial charge < -0.3 is 19.9 Å². The molecule has 0 bridgehead atoms. The maximum absolute atomic E-state index is 12.7. The summed E-state index contributed by atoms with van der Waals surface area (Å²) in [5.41, 5.74) is -0.384. The first-order valence-electron chi connectivity index (χ1n) is 10.1. The van der Waals surface area contributed by atoms with Gasteiger partial charge in [-0.3, -0.25) is 24.6 Å². The number of ether oxygens (including phenoxy) is 2. The molecule has 2 heterocycles. The van der Waals surface area contributed by atoms with E-state index in [1.165, 1.54) is 30.0 Å². The van der Waals surface area contributed by atoms with E-state index in [-0.39, 0.29) is 35.1 Å². The molecule has 11 nitrogen and oxygen atoms in total. The highest BCUT2D eigenvalue weighted by Gasteiger charge is 2.54. The van der Waals surface area contributed by atoms with E-state index in [1.807, 2.05) is 6.07 Å². The van der Waals surface area contributed by atoms with E-state index < -0.39 is 40.7 Å². The molecule has 0 aliphatic carbocycles. The highest BCUT2D eigenvalue weighted by Crippen LogP contribution is 2.40. The van der Waals surface area contributed by atoms with Gasteiger partial charge in [-0.2, -0.15) is 0 Å². The number of aliphatic hydroxyl groups is 1. The molecule has 0 saturated carbocycles. The van der Waals surface area contributed by atoms with E-state index in [2.05, 4.69) is 5.32 Å². The number of β-lactam (4-membered cyclic amide) rings is 1. The topological polar surface area (TPSA) is 148 Å². The number of nitrogens with one attached hydrogen (secondary N) is 1. The van der Waals surface area contributed by atoms with Crippen LogP contribution in [0.1, 0.15) is 5.56 Å². The zero-order valence-electron chi connectivity index (χ0n) is 17.6. The van der Waals surface area contributed by atoms with Gasteiger partial charge in [-0.25, -0.2) is 4.79 Å². The lowest BCUT2D eigenvalue weighted by Gasteiger charge is -2.48. The van der Waals surface area contributed by atoms with E-state index >= 15 is 0 Å². The van der Waals surface area contributed by atoms with Crippen molar-refractivity contribution < 1.29 is 33.9 Å². The number of amides is 2. The number of carbonyl (C=O) groups is 3. The molecule has 0 radical (unpaired) electrons. The average Bonchev–Trinajstić information content (AvgIpc) is 2.85. The molecule has 34 heavy (non-hydrogen) atoms. The van der Waals surface area contributed by atoms with Crippen LogP contribution in [0, 0.1) is 10.1 Å². The Morgan fingerprint density at radius 2 is 1.88 bits per heavy atom. The zero-order valence-corrected chi connectivity index (χ0v) is 18.4. The average molecular weight is 485 g/mol. The summed E-state index contributed by atoms with van der Waals surface area (Å²) in [6.45, 7) is -0.708. The summed E-state index contributed by atoms with van der Waals surface area (Å²) in [7, 11) is 0. The number of rotatable bonds is 8. The summed E-state index contributed by atoms with van der Waals surface area (Å²) in [5.74, 6) is -1.91. The Morgan fingerprint density at radius 3 is 2.62 bits per heavy atom. The third-order valence-corrected chi connectivity index (χ3v) is 6.38. The van der Waals surface area contributed by atoms with Gasteiger partial charge in [0.1, 0.15) is 29.5 Å². The second-order valence-corrected chi connectivity index (χ2v) is 8.42. The maximum atomic E-state index is 12.7. The Balaban J connectivity index is 1.37. The van der Waals surface area contributed by atoms with E-state index in [4.69, 9.17) is 9.47 Å². The van der Waals surface area contributed by atoms with Crippen molar-refractivity contribution >= 4 is 35.2 Å². The predicted molar refractivity (Wildman–Crippen MR) is 120 cm³/mol. The molecule has 1 unspecified atom stereocenters. The minimum Gasteiger partial charge on any atom is -0.509 e. The Hall–Kier alpha value is -4.06. The molecule has 0 spiro atoms. The van der Waals surface area contributed by atoms with Crippen LogP contribution < -0.4 is 10.1 Å². The molecule has 2 aromatic rings. The number of para-hydroxylation sites is 2. The fraction of sp³-hybridized carbons (Fsp3) is 0.227. The van der Waals surface area contributed by atoms with E-state index in [1.54, 1.807) is 30.3 Å². The number of carbonyl (C=O) groups excluding carboxylic acids is 3. The first-order chi connectivity index (χ1) is 16.4. The second-order valence-electron chi connectivity index (χ2n) is 7.31. The van der Waals surface area contributed by atoms with Crippen LogP contribution in [0.2, 0.25) is 0 Å². The van der Waals surface area contributed by atoms with Gasteiger partial charge in [0.15, 0.2) is 12.3 Å². The van der Waals surface area contributed by atoms with Crippen molar-refractivity contribution in [1.29, 1.82) is 0 Å². The summed E-state index contributed by atoms with van der Waals surface area (Å²) in [6.07, 6.45) is 0. The van der Waals surface area contributed by atoms with Crippen molar-refractivity contribution in [1.82, 2.24) is 10.2 Å². The van der Waals surface area contributed by atoms with Gasteiger partial charge in [0, 0.05) is 6.07 Å². The molecule has 2 aliphatic rings. The van der Waals surface area contributed by atoms with Gasteiger partial charge in [0.2, 0.25) is 0 Å². The molecule has 1 fully saturated rings. The van der Waals surface area contributed by atoms with Crippen LogP contribution in [-0.2, 0) is 25.7 Å². The highest BCUT2D eigenvalue weighted by atomic mass is 32.2. The number of benzene rings is 2. The molecule has 0 aromatic heterocycles. The minimum atomic E-state index is -0.994. The number of aliphatic hydroxyl groups excluding tert-OH is 1. The summed E-state index contributed by atoms with van der Waals surface area (Å²) >= 11 is 1.18. The molecule has 2 N–H and O–H groups in total. The molecule has 176 valence electrons. The van der Waals surface area contributed by atoms with Crippen LogP contribution in [0.15, 0.2) is 66.1 Å². The number of hydrogen-bond acceptors (Lipinski definition) is 9. The maximum Gasteiger partial charge on any atom is 0.358 e. The normalized spacial score (nSPS) is 19.1. The van der Waals surface area contributed by atoms with Crippen LogP contribution in [0.4, 0.5) is 5.69 Å². The Kier molecular flexibility index (Phi) is 6.68. The van der Waals surface area contributed by atoms with Crippen molar-refractivity contribution in [3.05, 3.63) is 81.7 Å². The Morgan fingerprint density at radius 1 is 1.18 bits per heavy atom. The summed E-state index contributed by atoms with van der Waals surface area (Å²) in [6, 6.07) is 13.6. The lowest BCUT2D eigenvalue weighted by Crippen LogP contribution is -2.70. The first kappa shape index (κ1) is 23.1. The molecule has 2 aliphatic heterocycles. The van der Waals surface area contributed by atoms with Crippen molar-refractivity contribution in [3.8, 4) is 5.75 Å². The van der Waals surface area contributed by atoms with Crippen molar-refractivity contribution in [2.24, 2.45) is 0 Å². The predicted octanol–water partition coefficient (Wildman–Crippen LogP) is 1.89. The second kappa shape index (κ2) is 9.83. The van der Waals surface area contributed by atoms with Gasteiger partial charge in [-0.05, 0) is 18.2 Å². The quantitative estimate of drug-likeness (QED) is 0.247. The standard InChI is InChI=1S/C22H19N3O8S/c26-16-12-34-21-18(23-17(27)11-32-14-7-2-1-3-8-14)20(28)24(21)19(16)22(29)33-10-13-6-4-5-9-15(13)25(30)31/h1-9,18,21,26H,10-12H2,(H,23,27)/t18?,21-/m1/s1. The van der Waals surface area contributed by atoms with Crippen LogP contribution >= 0.6 is 11.8 Å². The minimum absolute atomic E-state index is 0.0251. The number of esters is 1. The monoisotopic (exact) mass is 485 g/mol. The summed E-state index contributed by atoms with van der Waals surface area (Å²) in [4.78, 5) is 49.2. The highest BCUT2D eigenvalue weighted by molar-refractivity contribution is 8.00. The van der Waals surface area contributed by atoms with E-state index in [0.717, 1.165) is 4.90 Å². The molecule has 12 heteroatoms. The summed E-state index contributed by atoms with van der Waals surface area (Å²) < 4.78 is 10.5. The van der Waals surface area contributed by atoms with Gasteiger partial charge in [-0.15, -0.1) is 11.8 Å². The number of hydrogen-bond donors (Lipinski definition) is 2. The lowest BCUT2D eigenvalue weighted by atomic mass is 10.0. The number of thioether (sulfide) groups is 1. The van der Waals surface area contributed by atoms with Gasteiger partial charge in [0.25, 0.3) is 17.5 Å². The van der Waals surface area contributed by atoms with Crippen LogP contribution in [0.25, 0.3) is 0 Å². The fourth-order valence-electron chi connectivity index (χ4n) is 3.50. The van der Waals surface area contributed by atoms with Crippen molar-refractivity contribution in [2.45, 2.75) is 18.0 Å². The molecular weight excluding hydrogens is 466 g/mol. The van der Waals surface area contributed by atoms with Crippen LogP contribution in [0.5, 0.6) is 5.75 Å². The van der Waals surface area contributed by atoms with Crippen LogP contribution in [0.3, 0.4) is 0 Å². The Bertz CT molecular complexity index is 1170. The zero-order chi connectivity index (χ0) is 24.2. The summed E-state index contributed by atoms with van der Waals surface area (Å²) in [5, 5.41) is 23.3. The van der Waals surface area contributed by atoms with Crippen LogP contribution in [-0.4, -0.2) is 56.5 Å². The van der Waals surface area contributed by atoms with E-state index in [0.29, 0.717) is 5.75 Å². The van der Waals surface area contributed by atoms with Crippen molar-refractivity contribution in [2.75, 3.05) is 12.4 Å². The number of fused-ring (bicyclic) bond motifs is 1. The molecule has 4 rings (SSSR count). The molecule has 2 atom stereocenters. The molecular formula is C22H19N3O8S. The molecule has 2 amide bonds. The SMILES string of the molecule is O=C(COc1ccccc1)NC1C(=O)N2C(C(=O)OCc3ccccc3[N+](=O)[O-])=C(O)CS[C@H]12. The van der Waals surface area contributed by atoms with Gasteiger partial charge >= 0.3 is 5.97 Å². The number of nitro benzene ring substituents is 1. The lowest BCUT2D eigenvalue weighted by molar-refractivity contribution is -0.385. The van der Waals surface area contributed by atoms with Gasteiger partial charge in [0.05, 0.1) is 16.2 Å². The largest absolute Gasteiger partial charge is 0.509 e. The number of nitro groups is 1. The number of nitrogens with zero attached hydrogens (tertiary/aromatic N) is 2. The van der Waals surface area contributed by atoms with E-state index in [9.17, 15) is 29.6 Å². The first-order valence-corrected chi connectivity index (χ1v) is 11.1. The fourth-order valence-corrected chi connectivity index (χ4v) is 4.70. The van der Waals surface area contributed by atoms with Gasteiger partial charge in [-0.1, -0.05) is 30.3 Å².